The number of aliphatic imine (C=N–C) groups is 1. The molecule has 5 rings (SSSR count). The number of benzene rings is 3. The Morgan fingerprint density at radius 2 is 1.78 bits per heavy atom. The number of hydrogen-bond donors (Lipinski definition) is 2. The first-order valence-corrected chi connectivity index (χ1v) is 11.3. The average molecular weight is 425 g/mol. The van der Waals surface area contributed by atoms with E-state index in [1.54, 1.807) is 0 Å². The van der Waals surface area contributed by atoms with E-state index in [4.69, 9.17) is 4.99 Å². The van der Waals surface area contributed by atoms with Gasteiger partial charge in [-0.2, -0.15) is 0 Å². The summed E-state index contributed by atoms with van der Waals surface area (Å²) in [6.07, 6.45) is 2.93. The number of anilines is 2. The SMILES string of the molecule is Cc1cccc(NC(=O)N[C@@H]2N=C(c3ccccc3)c3ccccc3N3CCCCC23)c1. The molecule has 32 heavy (non-hydrogen) atoms. The first-order chi connectivity index (χ1) is 15.7. The van der Waals surface area contributed by atoms with E-state index in [1.807, 2.05) is 49.4 Å². The van der Waals surface area contributed by atoms with Crippen molar-refractivity contribution in [3.05, 3.63) is 95.6 Å². The fourth-order valence-corrected chi connectivity index (χ4v) is 4.78. The summed E-state index contributed by atoms with van der Waals surface area (Å²) < 4.78 is 0. The van der Waals surface area contributed by atoms with Crippen LogP contribution in [0.25, 0.3) is 0 Å². The lowest BCUT2D eigenvalue weighted by molar-refractivity contribution is 0.244. The van der Waals surface area contributed by atoms with Gasteiger partial charge in [0.15, 0.2) is 0 Å². The lowest BCUT2D eigenvalue weighted by Crippen LogP contribution is -2.53. The number of amides is 2. The molecule has 0 aromatic heterocycles. The highest BCUT2D eigenvalue weighted by molar-refractivity contribution is 6.16. The van der Waals surface area contributed by atoms with E-state index in [-0.39, 0.29) is 18.2 Å². The zero-order valence-corrected chi connectivity index (χ0v) is 18.3. The minimum absolute atomic E-state index is 0.120. The summed E-state index contributed by atoms with van der Waals surface area (Å²) in [6.45, 7) is 2.99. The summed E-state index contributed by atoms with van der Waals surface area (Å²) in [5, 5.41) is 6.17. The van der Waals surface area contributed by atoms with Crippen LogP contribution in [0.2, 0.25) is 0 Å². The molecule has 2 N–H and O–H groups in total. The van der Waals surface area contributed by atoms with Crippen LogP contribution in [0.5, 0.6) is 0 Å². The van der Waals surface area contributed by atoms with E-state index in [2.05, 4.69) is 51.9 Å². The molecule has 5 heteroatoms. The molecule has 0 radical (unpaired) electrons. The molecule has 2 atom stereocenters. The van der Waals surface area contributed by atoms with Gasteiger partial charge in [0.1, 0.15) is 6.17 Å². The van der Waals surface area contributed by atoms with Gasteiger partial charge < -0.3 is 15.5 Å². The number of nitrogens with zero attached hydrogens (tertiary/aromatic N) is 2. The molecule has 1 fully saturated rings. The van der Waals surface area contributed by atoms with Gasteiger partial charge in [-0.3, -0.25) is 4.99 Å². The van der Waals surface area contributed by atoms with E-state index in [9.17, 15) is 4.79 Å². The van der Waals surface area contributed by atoms with Crippen molar-refractivity contribution in [3.63, 3.8) is 0 Å². The Bertz CT molecular complexity index is 1140. The number of rotatable bonds is 3. The van der Waals surface area contributed by atoms with Crippen LogP contribution in [-0.2, 0) is 0 Å². The minimum atomic E-state index is -0.345. The number of urea groups is 1. The molecule has 5 nitrogen and oxygen atoms in total. The van der Waals surface area contributed by atoms with Crippen LogP contribution in [0.4, 0.5) is 16.2 Å². The molecule has 1 unspecified atom stereocenters. The van der Waals surface area contributed by atoms with Gasteiger partial charge in [0.25, 0.3) is 0 Å². The van der Waals surface area contributed by atoms with Crippen molar-refractivity contribution in [1.29, 1.82) is 0 Å². The number of hydrogen-bond acceptors (Lipinski definition) is 3. The van der Waals surface area contributed by atoms with Gasteiger partial charge in [-0.25, -0.2) is 4.79 Å². The Hall–Kier alpha value is -3.60. The maximum atomic E-state index is 13.0. The molecular weight excluding hydrogens is 396 g/mol. The Kier molecular flexibility index (Phi) is 5.63. The molecule has 2 aliphatic heterocycles. The average Bonchev–Trinajstić information content (AvgIpc) is 2.95. The summed E-state index contributed by atoms with van der Waals surface area (Å²) in [6, 6.07) is 26.5. The summed E-state index contributed by atoms with van der Waals surface area (Å²) in [7, 11) is 0. The number of piperidine rings is 1. The molecule has 2 amide bonds. The Morgan fingerprint density at radius 1 is 0.969 bits per heavy atom. The monoisotopic (exact) mass is 424 g/mol. The van der Waals surface area contributed by atoms with Crippen LogP contribution in [0.1, 0.15) is 36.0 Å². The summed E-state index contributed by atoms with van der Waals surface area (Å²) in [5.74, 6) is 0. The molecule has 3 aromatic rings. The van der Waals surface area contributed by atoms with Crippen molar-refractivity contribution in [3.8, 4) is 0 Å². The number of fused-ring (bicyclic) bond motifs is 3. The quantitative estimate of drug-likeness (QED) is 0.595. The number of aryl methyl sites for hydroxylation is 1. The van der Waals surface area contributed by atoms with Crippen LogP contribution in [0.15, 0.2) is 83.9 Å². The Morgan fingerprint density at radius 3 is 2.62 bits per heavy atom. The molecular formula is C27H28N4O. The van der Waals surface area contributed by atoms with Gasteiger partial charge in [0.05, 0.1) is 11.8 Å². The van der Waals surface area contributed by atoms with E-state index in [0.717, 1.165) is 53.9 Å². The van der Waals surface area contributed by atoms with Gasteiger partial charge in [0.2, 0.25) is 0 Å². The Balaban J connectivity index is 1.52. The van der Waals surface area contributed by atoms with Crippen LogP contribution < -0.4 is 15.5 Å². The molecule has 0 saturated carbocycles. The van der Waals surface area contributed by atoms with Crippen LogP contribution in [-0.4, -0.2) is 30.5 Å². The Labute approximate surface area is 189 Å². The van der Waals surface area contributed by atoms with Crippen molar-refractivity contribution >= 4 is 23.1 Å². The zero-order chi connectivity index (χ0) is 21.9. The zero-order valence-electron chi connectivity index (χ0n) is 18.3. The predicted molar refractivity (Wildman–Crippen MR) is 131 cm³/mol. The van der Waals surface area contributed by atoms with E-state index in [1.165, 1.54) is 5.69 Å². The van der Waals surface area contributed by atoms with Crippen LogP contribution >= 0.6 is 0 Å². The largest absolute Gasteiger partial charge is 0.364 e. The molecule has 1 saturated heterocycles. The molecule has 2 aliphatic rings. The number of carbonyl (C=O) groups is 1. The van der Waals surface area contributed by atoms with Crippen LogP contribution in [0.3, 0.4) is 0 Å². The van der Waals surface area contributed by atoms with Crippen molar-refractivity contribution in [2.45, 2.75) is 38.4 Å². The van der Waals surface area contributed by atoms with Gasteiger partial charge in [-0.15, -0.1) is 0 Å². The topological polar surface area (TPSA) is 56.7 Å². The maximum absolute atomic E-state index is 13.0. The number of nitrogens with one attached hydrogen (secondary N) is 2. The third-order valence-corrected chi connectivity index (χ3v) is 6.25. The summed E-state index contributed by atoms with van der Waals surface area (Å²) >= 11 is 0. The second kappa shape index (κ2) is 8.87. The normalized spacial score (nSPS) is 19.8. The predicted octanol–water partition coefficient (Wildman–Crippen LogP) is 5.35. The van der Waals surface area contributed by atoms with Gasteiger partial charge >= 0.3 is 6.03 Å². The highest BCUT2D eigenvalue weighted by Crippen LogP contribution is 2.34. The van der Waals surface area contributed by atoms with Crippen LogP contribution in [0, 0.1) is 6.92 Å². The van der Waals surface area contributed by atoms with E-state index >= 15 is 0 Å². The van der Waals surface area contributed by atoms with Crippen molar-refractivity contribution < 1.29 is 4.79 Å². The van der Waals surface area contributed by atoms with Crippen molar-refractivity contribution in [2.24, 2.45) is 4.99 Å². The number of para-hydroxylation sites is 1. The van der Waals surface area contributed by atoms with E-state index in [0.29, 0.717) is 0 Å². The lowest BCUT2D eigenvalue weighted by atomic mass is 9.97. The first-order valence-electron chi connectivity index (χ1n) is 11.3. The van der Waals surface area contributed by atoms with Crippen molar-refractivity contribution in [2.75, 3.05) is 16.8 Å². The third kappa shape index (κ3) is 4.11. The molecule has 3 aromatic carbocycles. The molecule has 0 aliphatic carbocycles. The van der Waals surface area contributed by atoms with Crippen molar-refractivity contribution in [1.82, 2.24) is 5.32 Å². The highest BCUT2D eigenvalue weighted by Gasteiger charge is 2.35. The number of carbonyl (C=O) groups excluding carboxylic acids is 1. The first kappa shape index (κ1) is 20.3. The van der Waals surface area contributed by atoms with Gasteiger partial charge in [-0.05, 0) is 49.9 Å². The van der Waals surface area contributed by atoms with Gasteiger partial charge in [0, 0.05) is 29.0 Å². The molecule has 0 bridgehead atoms. The summed E-state index contributed by atoms with van der Waals surface area (Å²) in [4.78, 5) is 20.6. The molecule has 162 valence electrons. The molecule has 0 spiro atoms. The van der Waals surface area contributed by atoms with E-state index < -0.39 is 0 Å². The summed E-state index contributed by atoms with van der Waals surface area (Å²) in [5.41, 5.74) is 6.20. The maximum Gasteiger partial charge on any atom is 0.320 e. The lowest BCUT2D eigenvalue weighted by Gasteiger charge is -2.39. The fraction of sp³-hybridized carbons (Fsp3) is 0.259. The minimum Gasteiger partial charge on any atom is -0.364 e. The smallest absolute Gasteiger partial charge is 0.320 e. The fourth-order valence-electron chi connectivity index (χ4n) is 4.78. The highest BCUT2D eigenvalue weighted by atomic mass is 16.2. The standard InChI is InChI=1S/C27H28N4O/c1-19-10-9-13-21(18-19)28-27(32)30-26-24-16-7-8-17-31(24)23-15-6-5-14-22(23)25(29-26)20-11-3-2-4-12-20/h2-6,9-15,18,24,26H,7-8,16-17H2,1H3,(H2,28,30,32)/t24?,26-/m0/s1. The second-order valence-corrected chi connectivity index (χ2v) is 8.53. The third-order valence-electron chi connectivity index (χ3n) is 6.25. The molecule has 2 heterocycles. The van der Waals surface area contributed by atoms with Gasteiger partial charge in [-0.1, -0.05) is 60.7 Å². The second-order valence-electron chi connectivity index (χ2n) is 8.53.